The van der Waals surface area contributed by atoms with Crippen LogP contribution in [0.1, 0.15) is 57.6 Å². The Morgan fingerprint density at radius 1 is 1.21 bits per heavy atom. The number of hydrogen-bond acceptors (Lipinski definition) is 3. The number of hydrogen-bond donors (Lipinski definition) is 3. The van der Waals surface area contributed by atoms with Crippen molar-refractivity contribution >= 4 is 11.9 Å². The molecule has 6 nitrogen and oxygen atoms in total. The number of urea groups is 1. The van der Waals surface area contributed by atoms with Crippen molar-refractivity contribution in [3.63, 3.8) is 0 Å². The number of nitrogens with one attached hydrogen (secondary N) is 2. The molecule has 4 N–H and O–H groups in total. The molecule has 0 unspecified atom stereocenters. The average molecular weight is 333 g/mol. The van der Waals surface area contributed by atoms with Crippen LogP contribution < -0.4 is 21.1 Å². The molecule has 0 spiro atoms. The average Bonchev–Trinajstić information content (AvgIpc) is 3.05. The zero-order valence-corrected chi connectivity index (χ0v) is 14.4. The Labute approximate surface area is 143 Å². The maximum atomic E-state index is 12.1. The SMILES string of the molecule is CC[C@@H](NC(=O)[C@H](C)NC(N)=O)c1ccc(OC2CCCC2)cc1. The fourth-order valence-electron chi connectivity index (χ4n) is 2.97. The third kappa shape index (κ3) is 5.15. The van der Waals surface area contributed by atoms with Gasteiger partial charge in [0.2, 0.25) is 5.91 Å². The lowest BCUT2D eigenvalue weighted by molar-refractivity contribution is -0.123. The highest BCUT2D eigenvalue weighted by molar-refractivity contribution is 5.86. The van der Waals surface area contributed by atoms with Crippen LogP contribution in [-0.2, 0) is 4.79 Å². The fourth-order valence-corrected chi connectivity index (χ4v) is 2.97. The Morgan fingerprint density at radius 2 is 1.83 bits per heavy atom. The number of rotatable bonds is 7. The van der Waals surface area contributed by atoms with Crippen LogP contribution in [0, 0.1) is 0 Å². The molecule has 1 aliphatic carbocycles. The summed E-state index contributed by atoms with van der Waals surface area (Å²) in [5, 5.41) is 5.31. The van der Waals surface area contributed by atoms with Crippen LogP contribution in [0.25, 0.3) is 0 Å². The van der Waals surface area contributed by atoms with Gasteiger partial charge in [0, 0.05) is 0 Å². The summed E-state index contributed by atoms with van der Waals surface area (Å²) in [5.74, 6) is 0.613. The first-order valence-corrected chi connectivity index (χ1v) is 8.62. The normalized spacial score (nSPS) is 17.1. The van der Waals surface area contributed by atoms with E-state index in [1.54, 1.807) is 6.92 Å². The minimum Gasteiger partial charge on any atom is -0.490 e. The van der Waals surface area contributed by atoms with Gasteiger partial charge in [-0.1, -0.05) is 19.1 Å². The number of benzene rings is 1. The van der Waals surface area contributed by atoms with Crippen LogP contribution in [0.2, 0.25) is 0 Å². The van der Waals surface area contributed by atoms with Crippen LogP contribution in [0.4, 0.5) is 4.79 Å². The van der Waals surface area contributed by atoms with Crippen molar-refractivity contribution in [2.24, 2.45) is 5.73 Å². The van der Waals surface area contributed by atoms with Crippen LogP contribution in [0.5, 0.6) is 5.75 Å². The summed E-state index contributed by atoms with van der Waals surface area (Å²) < 4.78 is 5.96. The Morgan fingerprint density at radius 3 is 2.38 bits per heavy atom. The molecule has 6 heteroatoms. The highest BCUT2D eigenvalue weighted by atomic mass is 16.5. The van der Waals surface area contributed by atoms with Crippen molar-refractivity contribution < 1.29 is 14.3 Å². The van der Waals surface area contributed by atoms with E-state index in [0.717, 1.165) is 30.6 Å². The summed E-state index contributed by atoms with van der Waals surface area (Å²) in [7, 11) is 0. The molecule has 2 rings (SSSR count). The Kier molecular flexibility index (Phi) is 6.46. The van der Waals surface area contributed by atoms with Gasteiger partial charge in [-0.2, -0.15) is 0 Å². The van der Waals surface area contributed by atoms with E-state index >= 15 is 0 Å². The quantitative estimate of drug-likeness (QED) is 0.716. The highest BCUT2D eigenvalue weighted by Gasteiger charge is 2.19. The molecule has 0 bridgehead atoms. The zero-order chi connectivity index (χ0) is 17.5. The van der Waals surface area contributed by atoms with E-state index in [1.165, 1.54) is 12.8 Å². The van der Waals surface area contributed by atoms with Crippen molar-refractivity contribution in [1.82, 2.24) is 10.6 Å². The molecule has 1 aromatic carbocycles. The molecule has 0 heterocycles. The maximum absolute atomic E-state index is 12.1. The molecular formula is C18H27N3O3. The molecule has 132 valence electrons. The number of nitrogens with two attached hydrogens (primary N) is 1. The lowest BCUT2D eigenvalue weighted by Crippen LogP contribution is -2.47. The Bertz CT molecular complexity index is 553. The highest BCUT2D eigenvalue weighted by Crippen LogP contribution is 2.26. The van der Waals surface area contributed by atoms with Crippen LogP contribution in [-0.4, -0.2) is 24.1 Å². The van der Waals surface area contributed by atoms with Crippen LogP contribution >= 0.6 is 0 Å². The molecule has 2 atom stereocenters. The van der Waals surface area contributed by atoms with E-state index in [2.05, 4.69) is 10.6 Å². The number of primary amides is 1. The van der Waals surface area contributed by atoms with Gasteiger partial charge in [0.05, 0.1) is 12.1 Å². The minimum atomic E-state index is -0.709. The molecule has 1 fully saturated rings. The monoisotopic (exact) mass is 333 g/mol. The smallest absolute Gasteiger partial charge is 0.312 e. The molecule has 0 aliphatic heterocycles. The van der Waals surface area contributed by atoms with E-state index < -0.39 is 12.1 Å². The van der Waals surface area contributed by atoms with E-state index in [-0.39, 0.29) is 11.9 Å². The lowest BCUT2D eigenvalue weighted by Gasteiger charge is -2.21. The first-order chi connectivity index (χ1) is 11.5. The summed E-state index contributed by atoms with van der Waals surface area (Å²) in [5.41, 5.74) is 6.06. The van der Waals surface area contributed by atoms with E-state index in [0.29, 0.717) is 6.10 Å². The molecule has 0 saturated heterocycles. The molecule has 24 heavy (non-hydrogen) atoms. The van der Waals surface area contributed by atoms with Crippen LogP contribution in [0.3, 0.4) is 0 Å². The second-order valence-corrected chi connectivity index (χ2v) is 6.29. The van der Waals surface area contributed by atoms with Gasteiger partial charge in [-0.15, -0.1) is 0 Å². The first-order valence-electron chi connectivity index (χ1n) is 8.62. The van der Waals surface area contributed by atoms with Crippen molar-refractivity contribution in [3.8, 4) is 5.75 Å². The second-order valence-electron chi connectivity index (χ2n) is 6.29. The summed E-state index contributed by atoms with van der Waals surface area (Å²) in [4.78, 5) is 22.9. The third-order valence-corrected chi connectivity index (χ3v) is 4.36. The lowest BCUT2D eigenvalue weighted by atomic mass is 10.0. The number of carbonyl (C=O) groups excluding carboxylic acids is 2. The number of amides is 3. The fraction of sp³-hybridized carbons (Fsp3) is 0.556. The molecule has 0 aromatic heterocycles. The molecule has 1 aliphatic rings. The van der Waals surface area contributed by atoms with Gasteiger partial charge in [0.15, 0.2) is 0 Å². The van der Waals surface area contributed by atoms with Gasteiger partial charge in [-0.05, 0) is 56.7 Å². The number of carbonyl (C=O) groups is 2. The molecule has 0 radical (unpaired) electrons. The van der Waals surface area contributed by atoms with Gasteiger partial charge in [0.25, 0.3) is 0 Å². The van der Waals surface area contributed by atoms with Gasteiger partial charge < -0.3 is 21.1 Å². The van der Waals surface area contributed by atoms with Crippen molar-refractivity contribution in [2.75, 3.05) is 0 Å². The third-order valence-electron chi connectivity index (χ3n) is 4.36. The number of ether oxygens (including phenoxy) is 1. The van der Waals surface area contributed by atoms with Crippen molar-refractivity contribution in [2.45, 2.75) is 64.1 Å². The Balaban J connectivity index is 1.94. The molecular weight excluding hydrogens is 306 g/mol. The predicted molar refractivity (Wildman–Crippen MR) is 92.7 cm³/mol. The Hall–Kier alpha value is -2.24. The van der Waals surface area contributed by atoms with Gasteiger partial charge in [0.1, 0.15) is 11.8 Å². The molecule has 1 aromatic rings. The minimum absolute atomic E-state index is 0.116. The maximum Gasteiger partial charge on any atom is 0.312 e. The second kappa shape index (κ2) is 8.57. The van der Waals surface area contributed by atoms with Crippen LogP contribution in [0.15, 0.2) is 24.3 Å². The molecule has 3 amide bonds. The predicted octanol–water partition coefficient (Wildman–Crippen LogP) is 2.63. The van der Waals surface area contributed by atoms with Gasteiger partial charge in [-0.3, -0.25) is 4.79 Å². The van der Waals surface area contributed by atoms with Gasteiger partial charge in [-0.25, -0.2) is 4.79 Å². The largest absolute Gasteiger partial charge is 0.490 e. The summed E-state index contributed by atoms with van der Waals surface area (Å²) in [6, 6.07) is 6.37. The first kappa shape index (κ1) is 18.1. The molecule has 1 saturated carbocycles. The van der Waals surface area contributed by atoms with Gasteiger partial charge >= 0.3 is 6.03 Å². The summed E-state index contributed by atoms with van der Waals surface area (Å²) in [6.45, 7) is 3.60. The van der Waals surface area contributed by atoms with Crippen molar-refractivity contribution in [3.05, 3.63) is 29.8 Å². The van der Waals surface area contributed by atoms with E-state index in [4.69, 9.17) is 10.5 Å². The zero-order valence-electron chi connectivity index (χ0n) is 14.4. The standard InChI is InChI=1S/C18H27N3O3/c1-3-16(21-17(22)12(2)20-18(19)23)13-8-10-15(11-9-13)24-14-6-4-5-7-14/h8-12,14,16H,3-7H2,1-2H3,(H,21,22)(H3,19,20,23)/t12-,16+/m0/s1. The summed E-state index contributed by atoms with van der Waals surface area (Å²) >= 11 is 0. The topological polar surface area (TPSA) is 93.5 Å². The van der Waals surface area contributed by atoms with E-state index in [1.807, 2.05) is 31.2 Å². The summed E-state index contributed by atoms with van der Waals surface area (Å²) in [6.07, 6.45) is 5.81. The van der Waals surface area contributed by atoms with Crippen molar-refractivity contribution in [1.29, 1.82) is 0 Å². The van der Waals surface area contributed by atoms with E-state index in [9.17, 15) is 9.59 Å².